The Labute approximate surface area is 181 Å². The Kier molecular flexibility index (Phi) is 6.23. The summed E-state index contributed by atoms with van der Waals surface area (Å²) in [6.07, 6.45) is 1.38. The molecule has 0 spiro atoms. The minimum atomic E-state index is -3.42. The first kappa shape index (κ1) is 21.3. The van der Waals surface area contributed by atoms with Crippen molar-refractivity contribution < 1.29 is 12.9 Å². The molecule has 2 aromatic heterocycles. The smallest absolute Gasteiger partial charge is 0.220 e. The van der Waals surface area contributed by atoms with Crippen LogP contribution in [0.5, 0.6) is 0 Å². The fourth-order valence-electron chi connectivity index (χ4n) is 3.86. The number of rotatable bonds is 6. The number of nitrogens with zero attached hydrogens (tertiary/aromatic N) is 6. The lowest BCUT2D eigenvalue weighted by Gasteiger charge is -2.35. The first-order valence-electron chi connectivity index (χ1n) is 10.2. The molecule has 0 saturated carbocycles. The first-order valence-corrected chi connectivity index (χ1v) is 11.8. The van der Waals surface area contributed by atoms with E-state index < -0.39 is 10.0 Å². The number of imidazole rings is 1. The Morgan fingerprint density at radius 2 is 1.97 bits per heavy atom. The van der Waals surface area contributed by atoms with Crippen molar-refractivity contribution in [2.75, 3.05) is 39.8 Å². The van der Waals surface area contributed by atoms with Crippen molar-refractivity contribution in [3.8, 4) is 0 Å². The lowest BCUT2D eigenvalue weighted by Crippen LogP contribution is -2.54. The molecule has 1 aliphatic heterocycles. The van der Waals surface area contributed by atoms with Crippen LogP contribution in [0.4, 0.5) is 0 Å². The summed E-state index contributed by atoms with van der Waals surface area (Å²) in [6, 6.07) is 9.67. The van der Waals surface area contributed by atoms with Crippen LogP contribution in [0.15, 0.2) is 46.1 Å². The zero-order valence-electron chi connectivity index (χ0n) is 17.7. The maximum atomic E-state index is 12.6. The van der Waals surface area contributed by atoms with Crippen molar-refractivity contribution in [1.82, 2.24) is 29.2 Å². The molecule has 1 aliphatic rings. The van der Waals surface area contributed by atoms with Gasteiger partial charge in [0.25, 0.3) is 0 Å². The molecule has 4 rings (SSSR count). The lowest BCUT2D eigenvalue weighted by molar-refractivity contribution is 0.259. The van der Waals surface area contributed by atoms with Crippen LogP contribution in [0.1, 0.15) is 11.5 Å². The quantitative estimate of drug-likeness (QED) is 0.446. The van der Waals surface area contributed by atoms with Gasteiger partial charge in [-0.3, -0.25) is 4.99 Å². The molecule has 0 atom stereocenters. The van der Waals surface area contributed by atoms with Gasteiger partial charge in [-0.25, -0.2) is 13.4 Å². The second kappa shape index (κ2) is 9.06. The van der Waals surface area contributed by atoms with Gasteiger partial charge in [0.1, 0.15) is 17.8 Å². The van der Waals surface area contributed by atoms with Crippen molar-refractivity contribution in [1.29, 1.82) is 0 Å². The number of hydrogen-bond donors (Lipinski definition) is 1. The third kappa shape index (κ3) is 4.72. The molecule has 0 amide bonds. The van der Waals surface area contributed by atoms with Crippen LogP contribution in [0.25, 0.3) is 11.0 Å². The van der Waals surface area contributed by atoms with Gasteiger partial charge >= 0.3 is 0 Å². The zero-order valence-corrected chi connectivity index (χ0v) is 18.5. The number of para-hydroxylation sites is 2. The summed E-state index contributed by atoms with van der Waals surface area (Å²) in [6.45, 7) is 5.43. The van der Waals surface area contributed by atoms with E-state index in [1.807, 2.05) is 25.1 Å². The van der Waals surface area contributed by atoms with Crippen molar-refractivity contribution in [2.24, 2.45) is 4.99 Å². The average molecular weight is 446 g/mol. The third-order valence-corrected chi connectivity index (χ3v) is 7.24. The summed E-state index contributed by atoms with van der Waals surface area (Å²) in [4.78, 5) is 11.1. The van der Waals surface area contributed by atoms with E-state index in [2.05, 4.69) is 36.0 Å². The number of hydrogen-bond acceptors (Lipinski definition) is 6. The molecule has 0 unspecified atom stereocenters. The Morgan fingerprint density at radius 1 is 1.19 bits per heavy atom. The van der Waals surface area contributed by atoms with E-state index >= 15 is 0 Å². The molecule has 1 N–H and O–H groups in total. The zero-order chi connectivity index (χ0) is 21.8. The maximum absolute atomic E-state index is 12.6. The number of benzene rings is 1. The van der Waals surface area contributed by atoms with E-state index in [9.17, 15) is 8.42 Å². The Balaban J connectivity index is 1.31. The number of aliphatic imine (C=N–C) groups is 1. The largest absolute Gasteiger partial charge is 0.364 e. The number of aromatic nitrogens is 3. The topological polar surface area (TPSA) is 109 Å². The molecule has 3 aromatic rings. The minimum absolute atomic E-state index is 0.144. The second-order valence-corrected chi connectivity index (χ2v) is 9.38. The van der Waals surface area contributed by atoms with Crippen LogP contribution in [0.3, 0.4) is 0 Å². The Morgan fingerprint density at radius 3 is 2.68 bits per heavy atom. The molecule has 3 heterocycles. The van der Waals surface area contributed by atoms with E-state index in [4.69, 9.17) is 4.52 Å². The van der Waals surface area contributed by atoms with Gasteiger partial charge in [-0.15, -0.1) is 0 Å². The summed E-state index contributed by atoms with van der Waals surface area (Å²) >= 11 is 0. The molecular formula is C20H27N7O3S. The van der Waals surface area contributed by atoms with Crippen LogP contribution >= 0.6 is 0 Å². The molecule has 11 heteroatoms. The molecule has 166 valence electrons. The van der Waals surface area contributed by atoms with Gasteiger partial charge in [0.05, 0.1) is 16.7 Å². The molecule has 1 aromatic carbocycles. The van der Waals surface area contributed by atoms with Crippen LogP contribution < -0.4 is 5.32 Å². The summed E-state index contributed by atoms with van der Waals surface area (Å²) in [5.41, 5.74) is 2.53. The van der Waals surface area contributed by atoms with E-state index in [-0.39, 0.29) is 5.75 Å². The second-order valence-electron chi connectivity index (χ2n) is 7.41. The van der Waals surface area contributed by atoms with E-state index in [0.717, 1.165) is 29.4 Å². The normalized spacial score (nSPS) is 16.2. The van der Waals surface area contributed by atoms with Crippen molar-refractivity contribution in [2.45, 2.75) is 19.2 Å². The number of sulfonamides is 1. The fraction of sp³-hybridized carbons (Fsp3) is 0.450. The van der Waals surface area contributed by atoms with Crippen molar-refractivity contribution in [3.05, 3.63) is 48.1 Å². The number of fused-ring (bicyclic) bond motifs is 1. The van der Waals surface area contributed by atoms with Gasteiger partial charge in [0.15, 0.2) is 5.96 Å². The molecule has 0 bridgehead atoms. The summed E-state index contributed by atoms with van der Waals surface area (Å²) in [5.74, 6) is 1.61. The average Bonchev–Trinajstić information content (AvgIpc) is 3.38. The first-order chi connectivity index (χ1) is 15.0. The highest BCUT2D eigenvalue weighted by Gasteiger charge is 2.29. The standard InChI is InChI=1S/C20H27N7O3S/c1-16-23-18-5-3-4-6-19(18)27(16)9-8-22-20(21-2)25-10-12-26(13-11-25)31(28,29)15-17-7-14-30-24-17/h3-7,14H,8-13,15H2,1-2H3,(H,21,22). The minimum Gasteiger partial charge on any atom is -0.364 e. The van der Waals surface area contributed by atoms with Gasteiger partial charge in [-0.05, 0) is 19.1 Å². The SMILES string of the molecule is CN=C(NCCn1c(C)nc2ccccc21)N1CCN(S(=O)(=O)Cc2ccon2)CC1. The summed E-state index contributed by atoms with van der Waals surface area (Å²) < 4.78 is 33.7. The molecule has 1 saturated heterocycles. The van der Waals surface area contributed by atoms with Crippen molar-refractivity contribution in [3.63, 3.8) is 0 Å². The van der Waals surface area contributed by atoms with E-state index in [1.54, 1.807) is 13.1 Å². The lowest BCUT2D eigenvalue weighted by atomic mass is 10.3. The monoisotopic (exact) mass is 445 g/mol. The predicted molar refractivity (Wildman–Crippen MR) is 118 cm³/mol. The molecule has 0 aliphatic carbocycles. The highest BCUT2D eigenvalue weighted by Crippen LogP contribution is 2.15. The van der Waals surface area contributed by atoms with Crippen LogP contribution in [-0.4, -0.2) is 78.1 Å². The van der Waals surface area contributed by atoms with Gasteiger partial charge in [0.2, 0.25) is 10.0 Å². The highest BCUT2D eigenvalue weighted by molar-refractivity contribution is 7.88. The summed E-state index contributed by atoms with van der Waals surface area (Å²) in [5, 5.41) is 7.10. The predicted octanol–water partition coefficient (Wildman–Crippen LogP) is 1.06. The fourth-order valence-corrected chi connectivity index (χ4v) is 5.28. The van der Waals surface area contributed by atoms with Gasteiger partial charge in [0, 0.05) is 52.4 Å². The number of piperazine rings is 1. The van der Waals surface area contributed by atoms with Gasteiger partial charge in [-0.1, -0.05) is 17.3 Å². The van der Waals surface area contributed by atoms with Gasteiger partial charge < -0.3 is 19.3 Å². The summed E-state index contributed by atoms with van der Waals surface area (Å²) in [7, 11) is -1.68. The Bertz CT molecular complexity index is 1150. The van der Waals surface area contributed by atoms with Crippen LogP contribution in [0, 0.1) is 6.92 Å². The third-order valence-electron chi connectivity index (χ3n) is 5.43. The number of aryl methyl sites for hydroxylation is 1. The molecule has 10 nitrogen and oxygen atoms in total. The van der Waals surface area contributed by atoms with Crippen LogP contribution in [0.2, 0.25) is 0 Å². The van der Waals surface area contributed by atoms with Crippen LogP contribution in [-0.2, 0) is 22.3 Å². The van der Waals surface area contributed by atoms with E-state index in [1.165, 1.54) is 10.6 Å². The maximum Gasteiger partial charge on any atom is 0.220 e. The van der Waals surface area contributed by atoms with Crippen molar-refractivity contribution >= 4 is 27.0 Å². The molecule has 1 fully saturated rings. The molecule has 31 heavy (non-hydrogen) atoms. The van der Waals surface area contributed by atoms with E-state index in [0.29, 0.717) is 38.4 Å². The number of guanidine groups is 1. The molecule has 0 radical (unpaired) electrons. The van der Waals surface area contributed by atoms with Gasteiger partial charge in [-0.2, -0.15) is 4.31 Å². The highest BCUT2D eigenvalue weighted by atomic mass is 32.2. The molecular weight excluding hydrogens is 418 g/mol. The Hall–Kier alpha value is -2.92. The number of nitrogens with one attached hydrogen (secondary N) is 1.